The molecule has 0 aliphatic heterocycles. The Morgan fingerprint density at radius 3 is 1.77 bits per heavy atom. The van der Waals surface area contributed by atoms with E-state index in [4.69, 9.17) is 12.2 Å². The predicted octanol–water partition coefficient (Wildman–Crippen LogP) is -0.930. The summed E-state index contributed by atoms with van der Waals surface area (Å²) in [6.45, 7) is 0. The van der Waals surface area contributed by atoms with Gasteiger partial charge in [-0.1, -0.05) is 0 Å². The summed E-state index contributed by atoms with van der Waals surface area (Å²) in [5.74, 6) is 0. The molecule has 0 N–H and O–H groups in total. The maximum atomic E-state index is 5.02. The molecule has 0 amide bonds. The van der Waals surface area contributed by atoms with Gasteiger partial charge in [0.05, 0.1) is 0 Å². The first kappa shape index (κ1) is 9.42. The maximum Gasteiger partial charge on any atom is 0.224 e. The zero-order valence-electron chi connectivity index (χ0n) is 6.35. The minimum atomic E-state index is 0. The van der Waals surface area contributed by atoms with Gasteiger partial charge in [-0.15, -0.1) is 0 Å². The summed E-state index contributed by atoms with van der Waals surface area (Å²) in [6, 6.07) is 0. The molecule has 7 nitrogen and oxygen atoms in total. The van der Waals surface area contributed by atoms with Crippen LogP contribution < -0.4 is 6.15 Å². The van der Waals surface area contributed by atoms with Crippen LogP contribution in [0.15, 0.2) is 25.3 Å². The SMILES string of the molecule is S=C(n1cncn1)n1cncn1.[N]. The minimum absolute atomic E-state index is 0. The van der Waals surface area contributed by atoms with Gasteiger partial charge in [0.15, 0.2) is 0 Å². The number of hydrogen-bond acceptors (Lipinski definition) is 5. The molecule has 0 aliphatic carbocycles. The molecule has 0 unspecified atom stereocenters. The van der Waals surface area contributed by atoms with Gasteiger partial charge in [-0.2, -0.15) is 19.6 Å². The Balaban J connectivity index is 0.000000845. The third-order valence-corrected chi connectivity index (χ3v) is 1.60. The van der Waals surface area contributed by atoms with E-state index in [1.54, 1.807) is 0 Å². The highest BCUT2D eigenvalue weighted by molar-refractivity contribution is 7.80. The van der Waals surface area contributed by atoms with Crippen molar-refractivity contribution in [1.82, 2.24) is 35.7 Å². The lowest BCUT2D eigenvalue weighted by Gasteiger charge is -1.99. The molecule has 3 radical (unpaired) electrons. The van der Waals surface area contributed by atoms with Crippen LogP contribution in [0.5, 0.6) is 0 Å². The highest BCUT2D eigenvalue weighted by Gasteiger charge is 2.02. The Kier molecular flexibility index (Phi) is 2.77. The van der Waals surface area contributed by atoms with Crippen LogP contribution in [0.1, 0.15) is 0 Å². The molecule has 0 atom stereocenters. The Morgan fingerprint density at radius 2 is 1.46 bits per heavy atom. The number of aromatic nitrogens is 6. The van der Waals surface area contributed by atoms with Gasteiger partial charge >= 0.3 is 0 Å². The van der Waals surface area contributed by atoms with E-state index in [1.165, 1.54) is 34.7 Å². The summed E-state index contributed by atoms with van der Waals surface area (Å²) in [6.07, 6.45) is 5.82. The van der Waals surface area contributed by atoms with E-state index in [-0.39, 0.29) is 6.15 Å². The molecule has 0 saturated heterocycles. The van der Waals surface area contributed by atoms with Crippen molar-refractivity contribution in [3.8, 4) is 0 Å². The fraction of sp³-hybridized carbons (Fsp3) is 0. The fourth-order valence-electron chi connectivity index (χ4n) is 0.719. The highest BCUT2D eigenvalue weighted by Crippen LogP contribution is 1.86. The number of thiocarbonyl (C=S) groups is 1. The molecule has 0 fully saturated rings. The van der Waals surface area contributed by atoms with Crippen LogP contribution in [0.2, 0.25) is 0 Å². The Bertz CT molecular complexity index is 327. The van der Waals surface area contributed by atoms with Crippen molar-refractivity contribution in [3.63, 3.8) is 0 Å². The average molecular weight is 194 g/mol. The van der Waals surface area contributed by atoms with E-state index in [0.717, 1.165) is 0 Å². The Morgan fingerprint density at radius 1 is 1.00 bits per heavy atom. The molecule has 0 aromatic carbocycles. The molecule has 0 spiro atoms. The summed E-state index contributed by atoms with van der Waals surface area (Å²) >= 11 is 5.02. The van der Waals surface area contributed by atoms with Crippen molar-refractivity contribution in [2.45, 2.75) is 0 Å². The van der Waals surface area contributed by atoms with Crippen LogP contribution in [0.3, 0.4) is 0 Å². The van der Waals surface area contributed by atoms with Crippen molar-refractivity contribution in [2.75, 3.05) is 0 Å². The summed E-state index contributed by atoms with van der Waals surface area (Å²) in [7, 11) is 0. The topological polar surface area (TPSA) is 91.9 Å². The third kappa shape index (κ3) is 1.73. The van der Waals surface area contributed by atoms with E-state index < -0.39 is 0 Å². The van der Waals surface area contributed by atoms with Crippen molar-refractivity contribution in [3.05, 3.63) is 25.3 Å². The quantitative estimate of drug-likeness (QED) is 0.505. The van der Waals surface area contributed by atoms with Crippen LogP contribution in [-0.2, 0) is 0 Å². The number of nitrogens with zero attached hydrogens (tertiary/aromatic N) is 7. The maximum absolute atomic E-state index is 5.02. The molecule has 0 bridgehead atoms. The van der Waals surface area contributed by atoms with Crippen molar-refractivity contribution < 1.29 is 0 Å². The molecule has 0 saturated carbocycles. The zero-order valence-corrected chi connectivity index (χ0v) is 7.16. The van der Waals surface area contributed by atoms with Gasteiger partial charge in [-0.25, -0.2) is 9.97 Å². The Labute approximate surface area is 79.0 Å². The molecular weight excluding hydrogens is 190 g/mol. The van der Waals surface area contributed by atoms with Crippen LogP contribution >= 0.6 is 12.2 Å². The lowest BCUT2D eigenvalue weighted by Crippen LogP contribution is -2.19. The molecular formula is C5H4N7S. The van der Waals surface area contributed by atoms with Gasteiger partial charge in [0.25, 0.3) is 0 Å². The van der Waals surface area contributed by atoms with Crippen LogP contribution in [-0.4, -0.2) is 34.6 Å². The predicted molar refractivity (Wildman–Crippen MR) is 45.6 cm³/mol. The molecule has 13 heavy (non-hydrogen) atoms. The van der Waals surface area contributed by atoms with E-state index >= 15 is 0 Å². The van der Waals surface area contributed by atoms with E-state index in [9.17, 15) is 0 Å². The monoisotopic (exact) mass is 194 g/mol. The van der Waals surface area contributed by atoms with Gasteiger partial charge < -0.3 is 0 Å². The summed E-state index contributed by atoms with van der Waals surface area (Å²) in [4.78, 5) is 7.51. The summed E-state index contributed by atoms with van der Waals surface area (Å²) < 4.78 is 2.87. The van der Waals surface area contributed by atoms with E-state index in [2.05, 4.69) is 20.2 Å². The average Bonchev–Trinajstić information content (AvgIpc) is 2.77. The van der Waals surface area contributed by atoms with Crippen LogP contribution in [0.4, 0.5) is 0 Å². The molecule has 2 aromatic rings. The van der Waals surface area contributed by atoms with Gasteiger partial charge in [0.2, 0.25) is 5.11 Å². The van der Waals surface area contributed by atoms with Gasteiger partial charge in [0, 0.05) is 6.15 Å². The minimum Gasteiger partial charge on any atom is -0.223 e. The first-order valence-corrected chi connectivity index (χ1v) is 3.53. The van der Waals surface area contributed by atoms with Gasteiger partial charge in [-0.05, 0) is 12.2 Å². The number of rotatable bonds is 0. The Hall–Kier alpha value is -1.67. The molecule has 0 aliphatic rings. The van der Waals surface area contributed by atoms with E-state index in [0.29, 0.717) is 5.11 Å². The third-order valence-electron chi connectivity index (χ3n) is 1.23. The molecule has 65 valence electrons. The van der Waals surface area contributed by atoms with Gasteiger partial charge in [0.1, 0.15) is 25.3 Å². The van der Waals surface area contributed by atoms with Crippen molar-refractivity contribution >= 4 is 17.3 Å². The second-order valence-electron chi connectivity index (χ2n) is 1.96. The molecule has 2 rings (SSSR count). The first-order valence-electron chi connectivity index (χ1n) is 3.12. The first-order chi connectivity index (χ1) is 5.88. The fourth-order valence-corrected chi connectivity index (χ4v) is 0.908. The lowest BCUT2D eigenvalue weighted by atomic mass is 11.0. The summed E-state index contributed by atoms with van der Waals surface area (Å²) in [5, 5.41) is 8.12. The van der Waals surface area contributed by atoms with E-state index in [1.807, 2.05) is 0 Å². The standard InChI is InChI=1S/C5H4N6S.N/c12-5(10-3-6-1-8-10)11-4-7-2-9-11;/h1-4H;. The molecule has 8 heteroatoms. The molecule has 2 aromatic heterocycles. The largest absolute Gasteiger partial charge is 0.224 e. The number of hydrogen-bond donors (Lipinski definition) is 0. The zero-order chi connectivity index (χ0) is 8.39. The second-order valence-corrected chi connectivity index (χ2v) is 2.33. The normalized spacial score (nSPS) is 9.23. The van der Waals surface area contributed by atoms with Crippen molar-refractivity contribution in [1.29, 1.82) is 0 Å². The molecule has 2 heterocycles. The van der Waals surface area contributed by atoms with Crippen LogP contribution in [0.25, 0.3) is 0 Å². The lowest BCUT2D eigenvalue weighted by molar-refractivity contribution is 0.837. The highest BCUT2D eigenvalue weighted by atomic mass is 32.1. The van der Waals surface area contributed by atoms with Crippen LogP contribution in [0, 0.1) is 0 Å². The van der Waals surface area contributed by atoms with Crippen molar-refractivity contribution in [2.24, 2.45) is 0 Å². The smallest absolute Gasteiger partial charge is 0.223 e. The second kappa shape index (κ2) is 3.83. The summed E-state index contributed by atoms with van der Waals surface area (Å²) in [5.41, 5.74) is 0. The van der Waals surface area contributed by atoms with Gasteiger partial charge in [-0.3, -0.25) is 0 Å².